The summed E-state index contributed by atoms with van der Waals surface area (Å²) in [6.07, 6.45) is 3.38. The van der Waals surface area contributed by atoms with Crippen molar-refractivity contribution < 1.29 is 9.53 Å². The molecular weight excluding hydrogens is 322 g/mol. The number of carbonyl (C=O) groups excluding carboxylic acids is 1. The largest absolute Gasteiger partial charge is 0.469 e. The third-order valence-electron chi connectivity index (χ3n) is 3.74. The number of nitrogens with one attached hydrogen (secondary N) is 2. The molecule has 136 valence electrons. The van der Waals surface area contributed by atoms with Crippen LogP contribution in [0, 0.1) is 0 Å². The first-order chi connectivity index (χ1) is 11.5. The Morgan fingerprint density at radius 3 is 2.71 bits per heavy atom. The van der Waals surface area contributed by atoms with E-state index in [9.17, 15) is 4.79 Å². The first kappa shape index (κ1) is 20.5. The molecule has 0 aromatic carbocycles. The maximum atomic E-state index is 11.0. The maximum absolute atomic E-state index is 11.0. The quantitative estimate of drug-likeness (QED) is 0.293. The van der Waals surface area contributed by atoms with Crippen LogP contribution in [0.25, 0.3) is 0 Å². The minimum atomic E-state index is -0.131. The van der Waals surface area contributed by atoms with Crippen LogP contribution in [0.4, 0.5) is 0 Å². The Kier molecular flexibility index (Phi) is 9.45. The van der Waals surface area contributed by atoms with Gasteiger partial charge in [0.05, 0.1) is 13.7 Å². The Balaban J connectivity index is 2.36. The summed E-state index contributed by atoms with van der Waals surface area (Å²) in [4.78, 5) is 17.1. The average Bonchev–Trinajstić information content (AvgIpc) is 3.10. The third-order valence-corrected chi connectivity index (χ3v) is 4.98. The smallest absolute Gasteiger partial charge is 0.305 e. The fraction of sp³-hybridized carbons (Fsp3) is 0.667. The number of hydrogen-bond donors (Lipinski definition) is 2. The van der Waals surface area contributed by atoms with Gasteiger partial charge in [-0.1, -0.05) is 26.3 Å². The lowest BCUT2D eigenvalue weighted by atomic mass is 9.92. The fourth-order valence-corrected chi connectivity index (χ4v) is 3.08. The van der Waals surface area contributed by atoms with Gasteiger partial charge in [0.25, 0.3) is 0 Å². The lowest BCUT2D eigenvalue weighted by molar-refractivity contribution is -0.140. The van der Waals surface area contributed by atoms with E-state index < -0.39 is 0 Å². The molecule has 0 saturated heterocycles. The summed E-state index contributed by atoms with van der Waals surface area (Å²) in [5.74, 6) is 0.726. The van der Waals surface area contributed by atoms with Gasteiger partial charge in [0.2, 0.25) is 0 Å². The van der Waals surface area contributed by atoms with Crippen LogP contribution < -0.4 is 10.6 Å². The van der Waals surface area contributed by atoms with Crippen LogP contribution in [0.15, 0.2) is 22.5 Å². The summed E-state index contributed by atoms with van der Waals surface area (Å²) in [5, 5.41) is 8.76. The molecule has 1 aromatic heterocycles. The highest BCUT2D eigenvalue weighted by Gasteiger charge is 2.21. The molecule has 0 aliphatic heterocycles. The molecule has 0 bridgehead atoms. The van der Waals surface area contributed by atoms with Gasteiger partial charge in [-0.2, -0.15) is 0 Å². The molecule has 0 radical (unpaired) electrons. The Hall–Kier alpha value is -1.56. The van der Waals surface area contributed by atoms with Gasteiger partial charge in [0, 0.05) is 29.8 Å². The predicted molar refractivity (Wildman–Crippen MR) is 102 cm³/mol. The number of ether oxygens (including phenoxy) is 1. The number of rotatable bonds is 10. The molecule has 0 fully saturated rings. The zero-order valence-electron chi connectivity index (χ0n) is 15.4. The van der Waals surface area contributed by atoms with Crippen LogP contribution in [0.3, 0.4) is 0 Å². The number of esters is 1. The van der Waals surface area contributed by atoms with Crippen LogP contribution in [-0.2, 0) is 14.9 Å². The number of methoxy groups -OCH3 is 1. The first-order valence-electron chi connectivity index (χ1n) is 8.62. The van der Waals surface area contributed by atoms with E-state index in [2.05, 4.69) is 53.7 Å². The van der Waals surface area contributed by atoms with Gasteiger partial charge in [-0.3, -0.25) is 9.79 Å². The Morgan fingerprint density at radius 1 is 1.29 bits per heavy atom. The zero-order valence-corrected chi connectivity index (χ0v) is 16.2. The molecule has 0 aliphatic carbocycles. The molecule has 5 nitrogen and oxygen atoms in total. The van der Waals surface area contributed by atoms with E-state index in [1.54, 1.807) is 11.3 Å². The van der Waals surface area contributed by atoms with E-state index in [1.807, 2.05) is 0 Å². The van der Waals surface area contributed by atoms with E-state index in [4.69, 9.17) is 4.99 Å². The van der Waals surface area contributed by atoms with Crippen LogP contribution in [-0.4, -0.2) is 38.7 Å². The number of hydrogen-bond acceptors (Lipinski definition) is 4. The van der Waals surface area contributed by atoms with Gasteiger partial charge in [-0.05, 0) is 31.2 Å². The summed E-state index contributed by atoms with van der Waals surface area (Å²) >= 11 is 1.78. The second-order valence-corrected chi connectivity index (χ2v) is 7.32. The van der Waals surface area contributed by atoms with Crippen molar-refractivity contribution >= 4 is 23.3 Å². The summed E-state index contributed by atoms with van der Waals surface area (Å²) in [6, 6.07) is 4.26. The van der Waals surface area contributed by atoms with Crippen molar-refractivity contribution in [2.75, 3.05) is 26.7 Å². The number of thiophene rings is 1. The van der Waals surface area contributed by atoms with Gasteiger partial charge in [-0.25, -0.2) is 0 Å². The summed E-state index contributed by atoms with van der Waals surface area (Å²) in [5.41, 5.74) is 0.0387. The molecule has 24 heavy (non-hydrogen) atoms. The molecular formula is C18H31N3O2S. The summed E-state index contributed by atoms with van der Waals surface area (Å²) in [7, 11) is 1.43. The number of guanidine groups is 1. The maximum Gasteiger partial charge on any atom is 0.305 e. The highest BCUT2D eigenvalue weighted by molar-refractivity contribution is 7.10. The molecule has 1 rings (SSSR count). The molecule has 2 N–H and O–H groups in total. The lowest BCUT2D eigenvalue weighted by Gasteiger charge is -2.21. The standard InChI is InChI=1S/C18H31N3O2S/c1-5-19-17(20-12-8-6-7-11-16(22)23-4)21-14-18(2,3)15-10-9-13-24-15/h9-10,13H,5-8,11-12,14H2,1-4H3,(H2,19,20,21). The van der Waals surface area contributed by atoms with Crippen molar-refractivity contribution in [3.05, 3.63) is 22.4 Å². The molecule has 0 unspecified atom stereocenters. The van der Waals surface area contributed by atoms with Gasteiger partial charge >= 0.3 is 5.97 Å². The van der Waals surface area contributed by atoms with Gasteiger partial charge in [0.1, 0.15) is 0 Å². The molecule has 0 aliphatic rings. The highest BCUT2D eigenvalue weighted by atomic mass is 32.1. The van der Waals surface area contributed by atoms with Crippen molar-refractivity contribution in [1.82, 2.24) is 10.6 Å². The number of nitrogens with zero attached hydrogens (tertiary/aromatic N) is 1. The Morgan fingerprint density at radius 2 is 2.08 bits per heavy atom. The Labute approximate surface area is 149 Å². The van der Waals surface area contributed by atoms with Crippen LogP contribution in [0.2, 0.25) is 0 Å². The van der Waals surface area contributed by atoms with E-state index in [0.29, 0.717) is 6.42 Å². The molecule has 6 heteroatoms. The average molecular weight is 354 g/mol. The minimum Gasteiger partial charge on any atom is -0.469 e. The predicted octanol–water partition coefficient (Wildman–Crippen LogP) is 3.31. The fourth-order valence-electron chi connectivity index (χ4n) is 2.24. The van der Waals surface area contributed by atoms with E-state index >= 15 is 0 Å². The second-order valence-electron chi connectivity index (χ2n) is 6.37. The number of carbonyl (C=O) groups is 1. The van der Waals surface area contributed by atoms with E-state index in [-0.39, 0.29) is 11.4 Å². The van der Waals surface area contributed by atoms with Crippen molar-refractivity contribution in [2.45, 2.75) is 51.9 Å². The second kappa shape index (κ2) is 11.1. The van der Waals surface area contributed by atoms with Crippen molar-refractivity contribution in [1.29, 1.82) is 0 Å². The van der Waals surface area contributed by atoms with Crippen molar-refractivity contribution in [2.24, 2.45) is 4.99 Å². The topological polar surface area (TPSA) is 62.7 Å². The van der Waals surface area contributed by atoms with Gasteiger partial charge in [0.15, 0.2) is 5.96 Å². The highest BCUT2D eigenvalue weighted by Crippen LogP contribution is 2.27. The van der Waals surface area contributed by atoms with Gasteiger partial charge < -0.3 is 15.4 Å². The SMILES string of the molecule is CCNC(=NCC(C)(C)c1cccs1)NCCCCCC(=O)OC. The molecule has 0 atom stereocenters. The van der Waals surface area contributed by atoms with E-state index in [1.165, 1.54) is 12.0 Å². The summed E-state index contributed by atoms with van der Waals surface area (Å²) in [6.45, 7) is 8.95. The first-order valence-corrected chi connectivity index (χ1v) is 9.50. The molecule has 0 amide bonds. The normalized spacial score (nSPS) is 12.1. The zero-order chi connectivity index (χ0) is 17.8. The molecule has 1 heterocycles. The van der Waals surface area contributed by atoms with Crippen LogP contribution in [0.1, 0.15) is 51.3 Å². The minimum absolute atomic E-state index is 0.0387. The molecule has 0 spiro atoms. The summed E-state index contributed by atoms with van der Waals surface area (Å²) < 4.78 is 4.64. The Bertz CT molecular complexity index is 498. The monoisotopic (exact) mass is 353 g/mol. The van der Waals surface area contributed by atoms with E-state index in [0.717, 1.165) is 44.9 Å². The molecule has 1 aromatic rings. The van der Waals surface area contributed by atoms with Gasteiger partial charge in [-0.15, -0.1) is 11.3 Å². The van der Waals surface area contributed by atoms with Crippen LogP contribution in [0.5, 0.6) is 0 Å². The third kappa shape index (κ3) is 7.81. The lowest BCUT2D eigenvalue weighted by Crippen LogP contribution is -2.38. The van der Waals surface area contributed by atoms with Crippen LogP contribution >= 0.6 is 11.3 Å². The number of unbranched alkanes of at least 4 members (excludes halogenated alkanes) is 2. The van der Waals surface area contributed by atoms with Crippen molar-refractivity contribution in [3.8, 4) is 0 Å². The number of aliphatic imine (C=N–C) groups is 1. The molecule has 0 saturated carbocycles. The van der Waals surface area contributed by atoms with Crippen molar-refractivity contribution in [3.63, 3.8) is 0 Å².